The average Bonchev–Trinajstić information content (AvgIpc) is 3.84. The molecular weight excluding hydrogens is 941 g/mol. The molecule has 3 saturated heterocycles. The fourth-order valence-electron chi connectivity index (χ4n) is 8.10. The summed E-state index contributed by atoms with van der Waals surface area (Å²) in [6.07, 6.45) is -19.4. The number of aliphatic hydroxyl groups excluding tert-OH is 1. The van der Waals surface area contributed by atoms with Gasteiger partial charge in [0, 0.05) is 34.8 Å². The maximum absolute atomic E-state index is 14.3. The molecule has 1 N–H and O–H groups in total. The van der Waals surface area contributed by atoms with Crippen LogP contribution in [-0.2, 0) is 96.9 Å². The lowest BCUT2D eigenvalue weighted by molar-refractivity contribution is -0.354. The average molecular weight is 997 g/mol. The number of benzene rings is 3. The highest BCUT2D eigenvalue weighted by Crippen LogP contribution is 2.42. The SMILES string of the molecule is COC(=O)[C@@]1(O[C@H]2[C@@H](O[C@H]3[C@@H](OC)O[C@H](COC(=O)c4ccccc4)[C@H]3OCc3ccccc3)O[C@H](COC(=O)c3ccccc3)[C@H]2O)C[C@@H](OC(C)=O)[C@H](OC(C)=O)[C@H]([C@H](COC(C)=O)OC(C)=O)O1. The molecule has 0 aliphatic carbocycles. The van der Waals surface area contributed by atoms with Gasteiger partial charge in [-0.3, -0.25) is 19.2 Å². The second-order valence-electron chi connectivity index (χ2n) is 16.4. The van der Waals surface area contributed by atoms with Crippen LogP contribution < -0.4 is 0 Å². The number of carbonyl (C=O) groups excluding carboxylic acids is 7. The van der Waals surface area contributed by atoms with Gasteiger partial charge < -0.3 is 71.4 Å². The molecule has 3 fully saturated rings. The predicted octanol–water partition coefficient (Wildman–Crippen LogP) is 2.53. The maximum atomic E-state index is 14.3. The minimum absolute atomic E-state index is 0.0149. The minimum atomic E-state index is -2.80. The second-order valence-corrected chi connectivity index (χ2v) is 16.4. The van der Waals surface area contributed by atoms with Crippen LogP contribution in [0.15, 0.2) is 91.0 Å². The molecule has 384 valence electrons. The molecule has 0 amide bonds. The van der Waals surface area contributed by atoms with E-state index in [0.717, 1.165) is 40.4 Å². The normalized spacial score (nSPS) is 28.4. The van der Waals surface area contributed by atoms with Gasteiger partial charge in [-0.15, -0.1) is 0 Å². The summed E-state index contributed by atoms with van der Waals surface area (Å²) < 4.78 is 82.4. The van der Waals surface area contributed by atoms with E-state index in [1.807, 2.05) is 18.2 Å². The first kappa shape index (κ1) is 54.0. The van der Waals surface area contributed by atoms with Crippen molar-refractivity contribution in [3.63, 3.8) is 0 Å². The van der Waals surface area contributed by atoms with E-state index in [1.54, 1.807) is 60.7 Å². The fraction of sp³-hybridized carbons (Fsp3) is 0.490. The highest BCUT2D eigenvalue weighted by atomic mass is 16.8. The van der Waals surface area contributed by atoms with Crippen LogP contribution in [0.1, 0.15) is 60.4 Å². The number of methoxy groups -OCH3 is 2. The lowest BCUT2D eigenvalue weighted by Crippen LogP contribution is -2.66. The molecule has 3 aliphatic heterocycles. The Kier molecular flexibility index (Phi) is 19.1. The minimum Gasteiger partial charge on any atom is -0.465 e. The number of ether oxygens (including phenoxy) is 14. The van der Waals surface area contributed by atoms with Crippen LogP contribution >= 0.6 is 0 Å². The van der Waals surface area contributed by atoms with Gasteiger partial charge in [0.25, 0.3) is 5.79 Å². The van der Waals surface area contributed by atoms with Crippen molar-refractivity contribution in [2.24, 2.45) is 0 Å². The van der Waals surface area contributed by atoms with Crippen LogP contribution in [0.2, 0.25) is 0 Å². The van der Waals surface area contributed by atoms with Crippen molar-refractivity contribution >= 4 is 41.8 Å². The summed E-state index contributed by atoms with van der Waals surface area (Å²) in [6, 6.07) is 25.2. The molecule has 3 heterocycles. The van der Waals surface area contributed by atoms with Crippen LogP contribution in [0.4, 0.5) is 0 Å². The van der Waals surface area contributed by atoms with Crippen molar-refractivity contribution in [1.82, 2.24) is 0 Å². The Hall–Kier alpha value is -6.37. The van der Waals surface area contributed by atoms with Crippen molar-refractivity contribution in [2.45, 2.75) is 120 Å². The van der Waals surface area contributed by atoms with Gasteiger partial charge in [0.1, 0.15) is 68.7 Å². The standard InChI is InChI=1S/C49H56O22/c1-27(50)60-25-37(65-29(3)52)41-40(66-30(4)53)34(64-28(2)51)22-49(70-41,48(57)59-6)71-42-38(54)35(24-62-44(55)32-18-12-8-13-19-32)67-47(42)69-43-39(61-23-31-16-10-7-11-17-31)36(68-46(43)58-5)26-63-45(56)33-20-14-9-15-21-33/h7-21,34-43,46-47,54H,22-26H2,1-6H3/t34-,35-,36-,37+,38-,39-,40+,41+,42-,43-,46+,47-,49+/m1/s1. The van der Waals surface area contributed by atoms with Crippen molar-refractivity contribution in [2.75, 3.05) is 34.0 Å². The predicted molar refractivity (Wildman–Crippen MR) is 236 cm³/mol. The van der Waals surface area contributed by atoms with E-state index >= 15 is 0 Å². The molecule has 0 spiro atoms. The van der Waals surface area contributed by atoms with Gasteiger partial charge in [-0.05, 0) is 29.8 Å². The van der Waals surface area contributed by atoms with E-state index in [-0.39, 0.29) is 24.3 Å². The first-order valence-corrected chi connectivity index (χ1v) is 22.4. The molecule has 3 aromatic carbocycles. The molecule has 3 aromatic rings. The molecule has 0 saturated carbocycles. The number of esters is 7. The molecular formula is C49H56O22. The Morgan fingerprint density at radius 3 is 1.75 bits per heavy atom. The van der Waals surface area contributed by atoms with E-state index in [9.17, 15) is 38.7 Å². The van der Waals surface area contributed by atoms with Crippen LogP contribution in [0.3, 0.4) is 0 Å². The van der Waals surface area contributed by atoms with Gasteiger partial charge in [-0.25, -0.2) is 14.4 Å². The second kappa shape index (κ2) is 25.1. The van der Waals surface area contributed by atoms with E-state index in [2.05, 4.69) is 0 Å². The molecule has 0 aromatic heterocycles. The summed E-state index contributed by atoms with van der Waals surface area (Å²) in [4.78, 5) is 90.5. The first-order valence-electron chi connectivity index (χ1n) is 22.4. The van der Waals surface area contributed by atoms with E-state index in [1.165, 1.54) is 19.2 Å². The zero-order valence-electron chi connectivity index (χ0n) is 39.6. The molecule has 6 rings (SSSR count). The van der Waals surface area contributed by atoms with Gasteiger partial charge in [0.05, 0.1) is 31.3 Å². The van der Waals surface area contributed by atoms with Gasteiger partial charge >= 0.3 is 41.8 Å². The molecule has 0 unspecified atom stereocenters. The van der Waals surface area contributed by atoms with E-state index < -0.39 is 141 Å². The fourth-order valence-corrected chi connectivity index (χ4v) is 8.10. The third kappa shape index (κ3) is 14.2. The third-order valence-corrected chi connectivity index (χ3v) is 11.2. The Bertz CT molecular complexity index is 2280. The summed E-state index contributed by atoms with van der Waals surface area (Å²) in [5.41, 5.74) is 1.17. The van der Waals surface area contributed by atoms with Crippen LogP contribution in [-0.4, -0.2) is 160 Å². The molecule has 13 atom stereocenters. The summed E-state index contributed by atoms with van der Waals surface area (Å²) in [6.45, 7) is 2.41. The van der Waals surface area contributed by atoms with Gasteiger partial charge in [-0.2, -0.15) is 0 Å². The zero-order chi connectivity index (χ0) is 51.2. The Balaban J connectivity index is 1.40. The molecule has 22 nitrogen and oxygen atoms in total. The first-order chi connectivity index (χ1) is 34.0. The van der Waals surface area contributed by atoms with Crippen LogP contribution in [0.5, 0.6) is 0 Å². The maximum Gasteiger partial charge on any atom is 0.366 e. The van der Waals surface area contributed by atoms with E-state index in [4.69, 9.17) is 66.3 Å². The van der Waals surface area contributed by atoms with Crippen molar-refractivity contribution < 1.29 is 105 Å². The van der Waals surface area contributed by atoms with Crippen molar-refractivity contribution in [3.05, 3.63) is 108 Å². The number of aliphatic hydroxyl groups is 1. The van der Waals surface area contributed by atoms with Crippen LogP contribution in [0, 0.1) is 0 Å². The largest absolute Gasteiger partial charge is 0.465 e. The highest BCUT2D eigenvalue weighted by Gasteiger charge is 2.63. The summed E-state index contributed by atoms with van der Waals surface area (Å²) in [7, 11) is 2.28. The van der Waals surface area contributed by atoms with Gasteiger partial charge in [-0.1, -0.05) is 66.7 Å². The Morgan fingerprint density at radius 1 is 0.648 bits per heavy atom. The lowest BCUT2D eigenvalue weighted by atomic mass is 9.91. The summed E-state index contributed by atoms with van der Waals surface area (Å²) in [5.74, 6) is -9.19. The Labute approximate surface area is 407 Å². The third-order valence-electron chi connectivity index (χ3n) is 11.2. The van der Waals surface area contributed by atoms with Crippen molar-refractivity contribution in [1.29, 1.82) is 0 Å². The number of hydrogen-bond acceptors (Lipinski definition) is 22. The number of hydrogen-bond donors (Lipinski definition) is 1. The van der Waals surface area contributed by atoms with Gasteiger partial charge in [0.15, 0.2) is 24.8 Å². The quantitative estimate of drug-likeness (QED) is 0.119. The van der Waals surface area contributed by atoms with Crippen molar-refractivity contribution in [3.8, 4) is 0 Å². The number of carbonyl (C=O) groups is 7. The Morgan fingerprint density at radius 2 is 1.21 bits per heavy atom. The van der Waals surface area contributed by atoms with Gasteiger partial charge in [0.2, 0.25) is 0 Å². The number of rotatable bonds is 21. The lowest BCUT2D eigenvalue weighted by Gasteiger charge is -2.47. The molecule has 0 radical (unpaired) electrons. The smallest absolute Gasteiger partial charge is 0.366 e. The monoisotopic (exact) mass is 996 g/mol. The zero-order valence-corrected chi connectivity index (χ0v) is 39.6. The molecule has 71 heavy (non-hydrogen) atoms. The molecule has 3 aliphatic rings. The summed E-state index contributed by atoms with van der Waals surface area (Å²) in [5, 5.41) is 12.2. The molecule has 0 bridgehead atoms. The highest BCUT2D eigenvalue weighted by molar-refractivity contribution is 5.89. The van der Waals surface area contributed by atoms with E-state index in [0.29, 0.717) is 0 Å². The summed E-state index contributed by atoms with van der Waals surface area (Å²) >= 11 is 0. The van der Waals surface area contributed by atoms with Crippen LogP contribution in [0.25, 0.3) is 0 Å². The topological polar surface area (TPSA) is 269 Å². The molecule has 22 heteroatoms.